The highest BCUT2D eigenvalue weighted by Crippen LogP contribution is 2.35. The van der Waals surface area contributed by atoms with Crippen LogP contribution in [-0.4, -0.2) is 30.9 Å². The van der Waals surface area contributed by atoms with E-state index in [1.807, 2.05) is 13.8 Å². The molecule has 6 nitrogen and oxygen atoms in total. The quantitative estimate of drug-likeness (QED) is 0.306. The number of hydrogen-bond donors (Lipinski definition) is 0. The van der Waals surface area contributed by atoms with Gasteiger partial charge in [0.25, 0.3) is 5.79 Å². The maximum absolute atomic E-state index is 12.0. The third-order valence-electron chi connectivity index (χ3n) is 3.03. The van der Waals surface area contributed by atoms with Gasteiger partial charge in [-0.3, -0.25) is 0 Å². The monoisotopic (exact) mass is 446 g/mol. The van der Waals surface area contributed by atoms with Gasteiger partial charge < -0.3 is 18.9 Å². The molecule has 1 aliphatic heterocycles. The Morgan fingerprint density at radius 2 is 1.75 bits per heavy atom. The van der Waals surface area contributed by atoms with Crippen LogP contribution in [0.4, 0.5) is 0 Å². The standard InChI is InChI=1S/C17H19IO6/c1-9(2)22-14-12(18)7-10(8-13(14)21-5)6-11-15(19)23-17(3,4)24-16(11)20/h6-9H,1-5H3. The van der Waals surface area contributed by atoms with Crippen molar-refractivity contribution in [3.05, 3.63) is 26.8 Å². The number of benzene rings is 1. The lowest BCUT2D eigenvalue weighted by atomic mass is 10.1. The molecule has 1 aliphatic rings. The van der Waals surface area contributed by atoms with Crippen LogP contribution in [0.5, 0.6) is 11.5 Å². The molecule has 0 bridgehead atoms. The van der Waals surface area contributed by atoms with E-state index >= 15 is 0 Å². The van der Waals surface area contributed by atoms with Gasteiger partial charge in [-0.1, -0.05) is 0 Å². The van der Waals surface area contributed by atoms with Crippen LogP contribution in [-0.2, 0) is 19.1 Å². The van der Waals surface area contributed by atoms with Crippen molar-refractivity contribution < 1.29 is 28.5 Å². The summed E-state index contributed by atoms with van der Waals surface area (Å²) in [7, 11) is 1.53. The van der Waals surface area contributed by atoms with E-state index in [0.717, 1.165) is 3.57 Å². The summed E-state index contributed by atoms with van der Waals surface area (Å²) in [5.74, 6) is -1.56. The highest BCUT2D eigenvalue weighted by molar-refractivity contribution is 14.1. The molecular weight excluding hydrogens is 427 g/mol. The van der Waals surface area contributed by atoms with Crippen LogP contribution >= 0.6 is 22.6 Å². The fraction of sp³-hybridized carbons (Fsp3) is 0.412. The number of ether oxygens (including phenoxy) is 4. The average Bonchev–Trinajstić information content (AvgIpc) is 2.44. The molecule has 0 unspecified atom stereocenters. The van der Waals surface area contributed by atoms with Crippen molar-refractivity contribution in [2.45, 2.75) is 39.6 Å². The Hall–Kier alpha value is -1.77. The molecule has 7 heteroatoms. The van der Waals surface area contributed by atoms with Crippen LogP contribution in [0.3, 0.4) is 0 Å². The summed E-state index contributed by atoms with van der Waals surface area (Å²) < 4.78 is 22.1. The van der Waals surface area contributed by atoms with Gasteiger partial charge in [-0.15, -0.1) is 0 Å². The van der Waals surface area contributed by atoms with Crippen LogP contribution < -0.4 is 9.47 Å². The van der Waals surface area contributed by atoms with E-state index in [1.54, 1.807) is 12.1 Å². The van der Waals surface area contributed by atoms with Crippen molar-refractivity contribution in [3.8, 4) is 11.5 Å². The van der Waals surface area contributed by atoms with E-state index in [9.17, 15) is 9.59 Å². The molecule has 0 saturated carbocycles. The first-order chi connectivity index (χ1) is 11.1. The largest absolute Gasteiger partial charge is 0.493 e. The minimum atomic E-state index is -1.26. The first-order valence-electron chi connectivity index (χ1n) is 7.35. The van der Waals surface area contributed by atoms with Crippen molar-refractivity contribution in [2.24, 2.45) is 0 Å². The molecule has 0 spiro atoms. The Kier molecular flexibility index (Phi) is 5.42. The Bertz CT molecular complexity index is 683. The van der Waals surface area contributed by atoms with Gasteiger partial charge in [0.1, 0.15) is 5.57 Å². The van der Waals surface area contributed by atoms with Gasteiger partial charge in [-0.2, -0.15) is 0 Å². The Morgan fingerprint density at radius 3 is 2.25 bits per heavy atom. The predicted molar refractivity (Wildman–Crippen MR) is 95.7 cm³/mol. The van der Waals surface area contributed by atoms with Gasteiger partial charge in [0.15, 0.2) is 11.5 Å². The summed E-state index contributed by atoms with van der Waals surface area (Å²) in [6, 6.07) is 3.47. The van der Waals surface area contributed by atoms with E-state index in [4.69, 9.17) is 18.9 Å². The molecule has 1 aromatic rings. The zero-order chi connectivity index (χ0) is 18.1. The second kappa shape index (κ2) is 7.00. The van der Waals surface area contributed by atoms with E-state index in [-0.39, 0.29) is 11.7 Å². The Morgan fingerprint density at radius 1 is 1.17 bits per heavy atom. The van der Waals surface area contributed by atoms with Crippen LogP contribution in [0.25, 0.3) is 6.08 Å². The summed E-state index contributed by atoms with van der Waals surface area (Å²) >= 11 is 2.11. The van der Waals surface area contributed by atoms with Crippen LogP contribution in [0, 0.1) is 3.57 Å². The van der Waals surface area contributed by atoms with Crippen molar-refractivity contribution in [1.82, 2.24) is 0 Å². The second-order valence-corrected chi connectivity index (χ2v) is 7.10. The van der Waals surface area contributed by atoms with Gasteiger partial charge in [-0.05, 0) is 60.2 Å². The average molecular weight is 446 g/mol. The summed E-state index contributed by atoms with van der Waals surface area (Å²) in [4.78, 5) is 24.1. The van der Waals surface area contributed by atoms with Crippen LogP contribution in [0.2, 0.25) is 0 Å². The lowest BCUT2D eigenvalue weighted by molar-refractivity contribution is -0.222. The third kappa shape index (κ3) is 4.19. The lowest BCUT2D eigenvalue weighted by Crippen LogP contribution is -2.41. The highest BCUT2D eigenvalue weighted by atomic mass is 127. The van der Waals surface area contributed by atoms with Gasteiger partial charge in [-0.25, -0.2) is 9.59 Å². The molecule has 1 fully saturated rings. The summed E-state index contributed by atoms with van der Waals surface area (Å²) in [6.45, 7) is 6.84. The van der Waals surface area contributed by atoms with E-state index < -0.39 is 17.7 Å². The molecule has 24 heavy (non-hydrogen) atoms. The maximum atomic E-state index is 12.0. The number of rotatable bonds is 4. The molecule has 1 saturated heterocycles. The minimum absolute atomic E-state index is 0.0119. The van der Waals surface area contributed by atoms with Gasteiger partial charge in [0, 0.05) is 13.8 Å². The van der Waals surface area contributed by atoms with Crippen molar-refractivity contribution in [2.75, 3.05) is 7.11 Å². The number of hydrogen-bond acceptors (Lipinski definition) is 6. The highest BCUT2D eigenvalue weighted by Gasteiger charge is 2.38. The van der Waals surface area contributed by atoms with Gasteiger partial charge >= 0.3 is 11.9 Å². The second-order valence-electron chi connectivity index (χ2n) is 5.94. The number of carbonyl (C=O) groups is 2. The van der Waals surface area contributed by atoms with E-state index in [2.05, 4.69) is 22.6 Å². The summed E-state index contributed by atoms with van der Waals surface area (Å²) in [6.07, 6.45) is 1.41. The SMILES string of the molecule is COc1cc(C=C2C(=O)OC(C)(C)OC2=O)cc(I)c1OC(C)C. The Balaban J connectivity index is 2.41. The molecule has 0 N–H and O–H groups in total. The van der Waals surface area contributed by atoms with Crippen LogP contribution in [0.1, 0.15) is 33.3 Å². The molecule has 0 aromatic heterocycles. The van der Waals surface area contributed by atoms with E-state index in [0.29, 0.717) is 17.1 Å². The van der Waals surface area contributed by atoms with Crippen molar-refractivity contribution >= 4 is 40.6 Å². The fourth-order valence-corrected chi connectivity index (χ4v) is 2.87. The first-order valence-corrected chi connectivity index (χ1v) is 8.43. The number of esters is 2. The zero-order valence-corrected chi connectivity index (χ0v) is 16.3. The fourth-order valence-electron chi connectivity index (χ4n) is 2.12. The van der Waals surface area contributed by atoms with Crippen molar-refractivity contribution in [3.63, 3.8) is 0 Å². The molecule has 0 amide bonds. The van der Waals surface area contributed by atoms with Gasteiger partial charge in [0.2, 0.25) is 0 Å². The number of cyclic esters (lactones) is 2. The smallest absolute Gasteiger partial charge is 0.348 e. The first kappa shape index (κ1) is 18.6. The normalized spacial score (nSPS) is 16.5. The molecular formula is C17H19IO6. The maximum Gasteiger partial charge on any atom is 0.348 e. The predicted octanol–water partition coefficient (Wildman–Crippen LogP) is 3.31. The number of halogens is 1. The molecule has 2 rings (SSSR count). The minimum Gasteiger partial charge on any atom is -0.493 e. The number of carbonyl (C=O) groups excluding carboxylic acids is 2. The molecule has 1 aromatic carbocycles. The summed E-state index contributed by atoms with van der Waals surface area (Å²) in [5, 5.41) is 0. The lowest BCUT2D eigenvalue weighted by Gasteiger charge is -2.29. The molecule has 0 radical (unpaired) electrons. The topological polar surface area (TPSA) is 71.1 Å². The summed E-state index contributed by atoms with van der Waals surface area (Å²) in [5.41, 5.74) is 0.445. The van der Waals surface area contributed by atoms with Crippen LogP contribution in [0.15, 0.2) is 17.7 Å². The van der Waals surface area contributed by atoms with Gasteiger partial charge in [0.05, 0.1) is 16.8 Å². The number of methoxy groups -OCH3 is 1. The molecule has 1 heterocycles. The third-order valence-corrected chi connectivity index (χ3v) is 3.83. The van der Waals surface area contributed by atoms with Crippen molar-refractivity contribution in [1.29, 1.82) is 0 Å². The molecule has 130 valence electrons. The van der Waals surface area contributed by atoms with E-state index in [1.165, 1.54) is 27.0 Å². The molecule has 0 aliphatic carbocycles. The Labute approximate surface area is 154 Å². The zero-order valence-electron chi connectivity index (χ0n) is 14.1. The molecule has 0 atom stereocenters.